The summed E-state index contributed by atoms with van der Waals surface area (Å²) in [6.07, 6.45) is 1.62. The maximum absolute atomic E-state index is 13.3. The molecule has 156 valence electrons. The molecule has 2 aromatic carbocycles. The lowest BCUT2D eigenvalue weighted by Gasteiger charge is -2.31. The number of aryl methyl sites for hydroxylation is 2. The number of benzene rings is 2. The van der Waals surface area contributed by atoms with Crippen LogP contribution < -0.4 is 5.32 Å². The molecule has 1 N–H and O–H groups in total. The van der Waals surface area contributed by atoms with Crippen LogP contribution in [0.1, 0.15) is 49.4 Å². The molecule has 1 atom stereocenters. The van der Waals surface area contributed by atoms with Crippen LogP contribution in [-0.2, 0) is 22.4 Å². The van der Waals surface area contributed by atoms with Crippen LogP contribution in [0.4, 0.5) is 0 Å². The molecule has 0 aliphatic heterocycles. The Balaban J connectivity index is 2.23. The minimum Gasteiger partial charge on any atom is -0.352 e. The van der Waals surface area contributed by atoms with Gasteiger partial charge in [0, 0.05) is 12.6 Å². The van der Waals surface area contributed by atoms with Gasteiger partial charge in [0.15, 0.2) is 0 Å². The van der Waals surface area contributed by atoms with Crippen molar-refractivity contribution in [2.24, 2.45) is 0 Å². The Hall–Kier alpha value is -2.62. The smallest absolute Gasteiger partial charge is 0.242 e. The van der Waals surface area contributed by atoms with Gasteiger partial charge < -0.3 is 10.2 Å². The molecule has 0 fully saturated rings. The lowest BCUT2D eigenvalue weighted by atomic mass is 10.0. The van der Waals surface area contributed by atoms with Gasteiger partial charge in [0.05, 0.1) is 6.42 Å². The lowest BCUT2D eigenvalue weighted by Crippen LogP contribution is -2.51. The Bertz CT molecular complexity index is 795. The highest BCUT2D eigenvalue weighted by Gasteiger charge is 2.28. The predicted octanol–water partition coefficient (Wildman–Crippen LogP) is 4.22. The fourth-order valence-electron chi connectivity index (χ4n) is 3.72. The van der Waals surface area contributed by atoms with Gasteiger partial charge in [-0.3, -0.25) is 9.59 Å². The van der Waals surface area contributed by atoms with E-state index in [1.165, 1.54) is 0 Å². The summed E-state index contributed by atoms with van der Waals surface area (Å²) in [4.78, 5) is 27.9. The maximum Gasteiger partial charge on any atom is 0.242 e. The second-order valence-electron chi connectivity index (χ2n) is 8.08. The van der Waals surface area contributed by atoms with Crippen LogP contribution in [0.2, 0.25) is 0 Å². The molecule has 2 aromatic rings. The van der Waals surface area contributed by atoms with E-state index >= 15 is 0 Å². The van der Waals surface area contributed by atoms with Crippen LogP contribution in [-0.4, -0.2) is 35.3 Å². The third kappa shape index (κ3) is 7.04. The van der Waals surface area contributed by atoms with Gasteiger partial charge in [-0.25, -0.2) is 0 Å². The van der Waals surface area contributed by atoms with Gasteiger partial charge in [-0.1, -0.05) is 66.6 Å². The quantitative estimate of drug-likeness (QED) is 0.692. The Morgan fingerprint density at radius 2 is 1.59 bits per heavy atom. The van der Waals surface area contributed by atoms with Gasteiger partial charge in [0.2, 0.25) is 11.8 Å². The van der Waals surface area contributed by atoms with Crippen LogP contribution in [0.5, 0.6) is 0 Å². The zero-order valence-corrected chi connectivity index (χ0v) is 18.4. The predicted molar refractivity (Wildman–Crippen MR) is 119 cm³/mol. The molecule has 0 radical (unpaired) electrons. The monoisotopic (exact) mass is 394 g/mol. The summed E-state index contributed by atoms with van der Waals surface area (Å²) in [7, 11) is 0. The molecule has 0 heterocycles. The van der Waals surface area contributed by atoms with E-state index in [-0.39, 0.29) is 17.9 Å². The van der Waals surface area contributed by atoms with Crippen molar-refractivity contribution < 1.29 is 9.59 Å². The first-order valence-corrected chi connectivity index (χ1v) is 10.5. The fourth-order valence-corrected chi connectivity index (χ4v) is 3.72. The number of nitrogens with one attached hydrogen (secondary N) is 1. The molecular weight excluding hydrogens is 360 g/mol. The number of rotatable bonds is 9. The van der Waals surface area contributed by atoms with Crippen molar-refractivity contribution >= 4 is 11.8 Å². The Morgan fingerprint density at radius 1 is 0.966 bits per heavy atom. The van der Waals surface area contributed by atoms with Crippen LogP contribution in [0.15, 0.2) is 48.5 Å². The number of nitrogens with zero attached hydrogens (tertiary/aromatic N) is 1. The van der Waals surface area contributed by atoms with Gasteiger partial charge in [-0.05, 0) is 51.7 Å². The van der Waals surface area contributed by atoms with Gasteiger partial charge in [0.1, 0.15) is 6.04 Å². The lowest BCUT2D eigenvalue weighted by molar-refractivity contribution is -0.140. The summed E-state index contributed by atoms with van der Waals surface area (Å²) < 4.78 is 0. The summed E-state index contributed by atoms with van der Waals surface area (Å²) in [5, 5.41) is 2.98. The van der Waals surface area contributed by atoms with Gasteiger partial charge >= 0.3 is 0 Å². The van der Waals surface area contributed by atoms with Gasteiger partial charge in [-0.2, -0.15) is 0 Å². The summed E-state index contributed by atoms with van der Waals surface area (Å²) >= 11 is 0. The van der Waals surface area contributed by atoms with E-state index in [0.717, 1.165) is 28.7 Å². The van der Waals surface area contributed by atoms with E-state index in [1.807, 2.05) is 52.8 Å². The minimum absolute atomic E-state index is 0.00307. The largest absolute Gasteiger partial charge is 0.352 e. The molecular formula is C25H34N2O2. The first kappa shape index (κ1) is 22.7. The maximum atomic E-state index is 13.3. The Labute approximate surface area is 175 Å². The number of amides is 2. The molecule has 0 saturated heterocycles. The van der Waals surface area contributed by atoms with E-state index in [4.69, 9.17) is 0 Å². The highest BCUT2D eigenvalue weighted by atomic mass is 16.2. The average molecular weight is 395 g/mol. The molecule has 0 bridgehead atoms. The first-order valence-electron chi connectivity index (χ1n) is 10.5. The summed E-state index contributed by atoms with van der Waals surface area (Å²) in [5.74, 6) is -0.0824. The van der Waals surface area contributed by atoms with E-state index in [0.29, 0.717) is 19.4 Å². The van der Waals surface area contributed by atoms with Crippen LogP contribution in [0.3, 0.4) is 0 Å². The van der Waals surface area contributed by atoms with E-state index in [9.17, 15) is 9.59 Å². The molecule has 4 nitrogen and oxygen atoms in total. The van der Waals surface area contributed by atoms with Gasteiger partial charge in [-0.15, -0.1) is 0 Å². The second kappa shape index (κ2) is 10.8. The van der Waals surface area contributed by atoms with Crippen molar-refractivity contribution in [3.63, 3.8) is 0 Å². The van der Waals surface area contributed by atoms with Crippen molar-refractivity contribution in [1.29, 1.82) is 0 Å². The minimum atomic E-state index is -0.459. The third-order valence-electron chi connectivity index (χ3n) is 4.94. The van der Waals surface area contributed by atoms with Crippen molar-refractivity contribution in [3.8, 4) is 0 Å². The molecule has 29 heavy (non-hydrogen) atoms. The van der Waals surface area contributed by atoms with E-state index in [2.05, 4.69) is 35.6 Å². The molecule has 0 aromatic heterocycles. The zero-order chi connectivity index (χ0) is 21.4. The zero-order valence-electron chi connectivity index (χ0n) is 18.4. The standard InChI is InChI=1S/C25H34N2O2/c1-6-23(25(29)26-18(2)3)27(13-12-21-10-8-7-9-11-21)24(28)17-22-15-19(4)14-20(5)16-22/h7-11,14-16,18,23H,6,12-13,17H2,1-5H3,(H,26,29)/t23-/m1/s1. The number of carbonyl (C=O) groups excluding carboxylic acids is 2. The molecule has 2 rings (SSSR count). The van der Waals surface area contributed by atoms with Crippen molar-refractivity contribution in [2.75, 3.05) is 6.54 Å². The molecule has 0 unspecified atom stereocenters. The second-order valence-corrected chi connectivity index (χ2v) is 8.08. The number of hydrogen-bond acceptors (Lipinski definition) is 2. The van der Waals surface area contributed by atoms with E-state index in [1.54, 1.807) is 4.90 Å². The highest BCUT2D eigenvalue weighted by molar-refractivity contribution is 5.88. The molecule has 0 saturated carbocycles. The van der Waals surface area contributed by atoms with Crippen molar-refractivity contribution in [3.05, 3.63) is 70.8 Å². The fraction of sp³-hybridized carbons (Fsp3) is 0.440. The van der Waals surface area contributed by atoms with Crippen LogP contribution in [0, 0.1) is 13.8 Å². The molecule has 4 heteroatoms. The van der Waals surface area contributed by atoms with Crippen LogP contribution >= 0.6 is 0 Å². The molecule has 0 spiro atoms. The summed E-state index contributed by atoms with van der Waals surface area (Å²) in [5.41, 5.74) is 4.45. The normalized spacial score (nSPS) is 11.9. The number of carbonyl (C=O) groups is 2. The molecule has 0 aliphatic rings. The Kier molecular flexibility index (Phi) is 8.44. The SMILES string of the molecule is CC[C@H](C(=O)NC(C)C)N(CCc1ccccc1)C(=O)Cc1cc(C)cc(C)c1. The van der Waals surface area contributed by atoms with Crippen molar-refractivity contribution in [1.82, 2.24) is 10.2 Å². The Morgan fingerprint density at radius 3 is 2.14 bits per heavy atom. The summed E-state index contributed by atoms with van der Waals surface area (Å²) in [6.45, 7) is 10.5. The van der Waals surface area contributed by atoms with Crippen LogP contribution in [0.25, 0.3) is 0 Å². The van der Waals surface area contributed by atoms with Gasteiger partial charge in [0.25, 0.3) is 0 Å². The van der Waals surface area contributed by atoms with Crippen molar-refractivity contribution in [2.45, 2.75) is 66.0 Å². The average Bonchev–Trinajstić information content (AvgIpc) is 2.64. The molecule has 2 amide bonds. The highest BCUT2D eigenvalue weighted by Crippen LogP contribution is 2.14. The topological polar surface area (TPSA) is 49.4 Å². The third-order valence-corrected chi connectivity index (χ3v) is 4.94. The summed E-state index contributed by atoms with van der Waals surface area (Å²) in [6, 6.07) is 15.9. The van der Waals surface area contributed by atoms with E-state index < -0.39 is 6.04 Å². The molecule has 0 aliphatic carbocycles. The first-order chi connectivity index (χ1) is 13.8. The number of hydrogen-bond donors (Lipinski definition) is 1.